The van der Waals surface area contributed by atoms with Gasteiger partial charge in [-0.05, 0) is 55.7 Å². The number of nitrogens with two attached hydrogens (primary N) is 1. The fourth-order valence-electron chi connectivity index (χ4n) is 3.13. The van der Waals surface area contributed by atoms with Crippen LogP contribution in [-0.4, -0.2) is 55.7 Å². The average Bonchev–Trinajstić information content (AvgIpc) is 2.90. The summed E-state index contributed by atoms with van der Waals surface area (Å²) in [4.78, 5) is 49.1. The zero-order valence-corrected chi connectivity index (χ0v) is 25.6. The minimum Gasteiger partial charge on any atom is -0.459 e. The molecule has 11 heteroatoms. The molecule has 0 saturated carbocycles. The molecule has 0 spiro atoms. The summed E-state index contributed by atoms with van der Waals surface area (Å²) < 4.78 is 31.6. The second kappa shape index (κ2) is 18.2. The van der Waals surface area contributed by atoms with E-state index in [2.05, 4.69) is 0 Å². The SMILES string of the molecule is CCC(C)COC(=O)Oc1ccc(C[C@H](N)C(=O)O[C@@H](C)C(C)OC(=O)CC(C)C)cc1OC(=O)OCC(C)CC. The van der Waals surface area contributed by atoms with Crippen LogP contribution in [-0.2, 0) is 35.0 Å². The highest BCUT2D eigenvalue weighted by molar-refractivity contribution is 5.76. The summed E-state index contributed by atoms with van der Waals surface area (Å²) in [6.45, 7) is 15.2. The third-order valence-corrected chi connectivity index (χ3v) is 6.37. The molecular weight excluding hydrogens is 534 g/mol. The van der Waals surface area contributed by atoms with Crippen LogP contribution in [0.3, 0.4) is 0 Å². The van der Waals surface area contributed by atoms with Crippen LogP contribution < -0.4 is 15.2 Å². The normalized spacial score (nSPS) is 14.7. The highest BCUT2D eigenvalue weighted by Crippen LogP contribution is 2.30. The maximum atomic E-state index is 12.7. The van der Waals surface area contributed by atoms with Gasteiger partial charge in [0.2, 0.25) is 0 Å². The van der Waals surface area contributed by atoms with Crippen LogP contribution in [0.25, 0.3) is 0 Å². The lowest BCUT2D eigenvalue weighted by Gasteiger charge is -2.23. The zero-order valence-electron chi connectivity index (χ0n) is 25.6. The number of hydrogen-bond acceptors (Lipinski definition) is 11. The van der Waals surface area contributed by atoms with Crippen LogP contribution in [0.4, 0.5) is 9.59 Å². The highest BCUT2D eigenvalue weighted by Gasteiger charge is 2.25. The zero-order chi connectivity index (χ0) is 31.1. The van der Waals surface area contributed by atoms with Gasteiger partial charge in [0.05, 0.1) is 13.2 Å². The molecule has 11 nitrogen and oxygen atoms in total. The van der Waals surface area contributed by atoms with Gasteiger partial charge in [-0.25, -0.2) is 9.59 Å². The summed E-state index contributed by atoms with van der Waals surface area (Å²) in [6.07, 6.45) is -1.39. The number of esters is 2. The van der Waals surface area contributed by atoms with E-state index in [0.29, 0.717) is 5.56 Å². The Morgan fingerprint density at radius 3 is 1.78 bits per heavy atom. The van der Waals surface area contributed by atoms with E-state index in [1.165, 1.54) is 12.1 Å². The number of benzene rings is 1. The van der Waals surface area contributed by atoms with Crippen molar-refractivity contribution in [2.75, 3.05) is 13.2 Å². The van der Waals surface area contributed by atoms with Crippen molar-refractivity contribution in [3.05, 3.63) is 23.8 Å². The van der Waals surface area contributed by atoms with Crippen LogP contribution in [0.1, 0.15) is 80.2 Å². The van der Waals surface area contributed by atoms with Gasteiger partial charge in [0.15, 0.2) is 11.5 Å². The summed E-state index contributed by atoms with van der Waals surface area (Å²) in [5.41, 5.74) is 6.60. The van der Waals surface area contributed by atoms with Crippen LogP contribution in [0.15, 0.2) is 18.2 Å². The molecule has 0 radical (unpaired) electrons. The molecule has 232 valence electrons. The predicted octanol–water partition coefficient (Wildman–Crippen LogP) is 5.59. The fourth-order valence-corrected chi connectivity index (χ4v) is 3.13. The number of carbonyl (C=O) groups is 4. The standard InChI is InChI=1S/C30H47NO10/c1-9-19(5)16-36-29(34)40-25-12-11-23(15-26(25)41-30(35)37-17-20(6)10-2)14-24(31)28(33)39-22(8)21(7)38-27(32)13-18(3)4/h11-12,15,18-22,24H,9-10,13-14,16-17,31H2,1-8H3/t19?,20?,21?,22-,24-/m0/s1. The van der Waals surface area contributed by atoms with Gasteiger partial charge in [0, 0.05) is 6.42 Å². The third kappa shape index (κ3) is 14.2. The van der Waals surface area contributed by atoms with Crippen molar-refractivity contribution in [1.82, 2.24) is 0 Å². The van der Waals surface area contributed by atoms with Crippen molar-refractivity contribution in [3.63, 3.8) is 0 Å². The maximum Gasteiger partial charge on any atom is 0.513 e. The topological polar surface area (TPSA) is 150 Å². The van der Waals surface area contributed by atoms with E-state index < -0.39 is 36.5 Å². The monoisotopic (exact) mass is 581 g/mol. The molecule has 0 aliphatic carbocycles. The Bertz CT molecular complexity index is 995. The molecule has 0 saturated heterocycles. The van der Waals surface area contributed by atoms with Gasteiger partial charge in [-0.2, -0.15) is 0 Å². The molecule has 1 aromatic rings. The molecule has 3 unspecified atom stereocenters. The highest BCUT2D eigenvalue weighted by atomic mass is 16.7. The maximum absolute atomic E-state index is 12.7. The largest absolute Gasteiger partial charge is 0.513 e. The van der Waals surface area contributed by atoms with Crippen LogP contribution in [0.5, 0.6) is 11.5 Å². The molecule has 0 aliphatic heterocycles. The van der Waals surface area contributed by atoms with E-state index in [9.17, 15) is 19.2 Å². The van der Waals surface area contributed by atoms with Crippen LogP contribution in [0.2, 0.25) is 0 Å². The van der Waals surface area contributed by atoms with E-state index in [0.717, 1.165) is 12.8 Å². The van der Waals surface area contributed by atoms with Crippen LogP contribution in [0, 0.1) is 17.8 Å². The Hall–Kier alpha value is -3.34. The lowest BCUT2D eigenvalue weighted by molar-refractivity contribution is -0.166. The van der Waals surface area contributed by atoms with Gasteiger partial charge in [0.25, 0.3) is 0 Å². The number of carbonyl (C=O) groups excluding carboxylic acids is 4. The molecule has 2 N–H and O–H groups in total. The Morgan fingerprint density at radius 1 is 0.756 bits per heavy atom. The fraction of sp³-hybridized carbons (Fsp3) is 0.667. The molecule has 0 aromatic heterocycles. The molecule has 0 amide bonds. The van der Waals surface area contributed by atoms with E-state index in [4.69, 9.17) is 34.2 Å². The molecule has 41 heavy (non-hydrogen) atoms. The van der Waals surface area contributed by atoms with Crippen molar-refractivity contribution < 1.29 is 47.6 Å². The summed E-state index contributed by atoms with van der Waals surface area (Å²) in [6, 6.07) is 3.33. The lowest BCUT2D eigenvalue weighted by Crippen LogP contribution is -2.39. The van der Waals surface area contributed by atoms with Gasteiger partial charge >= 0.3 is 24.2 Å². The van der Waals surface area contributed by atoms with Crippen molar-refractivity contribution in [2.24, 2.45) is 23.5 Å². The summed E-state index contributed by atoms with van der Waals surface area (Å²) in [5.74, 6) is -0.816. The average molecular weight is 582 g/mol. The van der Waals surface area contributed by atoms with E-state index in [-0.39, 0.29) is 61.3 Å². The first-order valence-electron chi connectivity index (χ1n) is 14.2. The molecule has 0 aliphatic rings. The Labute approximate surface area is 243 Å². The first-order chi connectivity index (χ1) is 19.2. The summed E-state index contributed by atoms with van der Waals surface area (Å²) >= 11 is 0. The van der Waals surface area contributed by atoms with Gasteiger partial charge in [0.1, 0.15) is 18.2 Å². The number of rotatable bonds is 16. The van der Waals surface area contributed by atoms with Gasteiger partial charge in [-0.15, -0.1) is 0 Å². The molecular formula is C30H47NO10. The molecule has 1 rings (SSSR count). The van der Waals surface area contributed by atoms with Crippen molar-refractivity contribution >= 4 is 24.2 Å². The van der Waals surface area contributed by atoms with Crippen molar-refractivity contribution in [2.45, 2.75) is 99.3 Å². The van der Waals surface area contributed by atoms with Crippen molar-refractivity contribution in [1.29, 1.82) is 0 Å². The Kier molecular flexibility index (Phi) is 15.8. The second-order valence-electron chi connectivity index (χ2n) is 10.9. The molecule has 1 aromatic carbocycles. The summed E-state index contributed by atoms with van der Waals surface area (Å²) in [5, 5.41) is 0. The lowest BCUT2D eigenvalue weighted by atomic mass is 10.1. The Balaban J connectivity index is 2.94. The first kappa shape index (κ1) is 35.7. The molecule has 0 bridgehead atoms. The van der Waals surface area contributed by atoms with Gasteiger partial charge in [-0.3, -0.25) is 9.59 Å². The molecule has 0 fully saturated rings. The number of ether oxygens (including phenoxy) is 6. The van der Waals surface area contributed by atoms with E-state index >= 15 is 0 Å². The second-order valence-corrected chi connectivity index (χ2v) is 10.9. The smallest absolute Gasteiger partial charge is 0.459 e. The van der Waals surface area contributed by atoms with E-state index in [1.54, 1.807) is 19.9 Å². The number of hydrogen-bond donors (Lipinski definition) is 1. The summed E-state index contributed by atoms with van der Waals surface area (Å²) in [7, 11) is 0. The van der Waals surface area contributed by atoms with Crippen molar-refractivity contribution in [3.8, 4) is 11.5 Å². The molecule has 0 heterocycles. The minimum absolute atomic E-state index is 0.0179. The van der Waals surface area contributed by atoms with Gasteiger partial charge in [-0.1, -0.05) is 60.5 Å². The van der Waals surface area contributed by atoms with Gasteiger partial charge < -0.3 is 34.2 Å². The quantitative estimate of drug-likeness (QED) is 0.148. The minimum atomic E-state index is -1.08. The third-order valence-electron chi connectivity index (χ3n) is 6.37. The van der Waals surface area contributed by atoms with E-state index in [1.807, 2.05) is 41.5 Å². The first-order valence-corrected chi connectivity index (χ1v) is 14.2. The predicted molar refractivity (Wildman–Crippen MR) is 152 cm³/mol. The Morgan fingerprint density at radius 2 is 1.27 bits per heavy atom. The molecule has 5 atom stereocenters. The van der Waals surface area contributed by atoms with Crippen LogP contribution >= 0.6 is 0 Å².